The normalized spacial score (nSPS) is 12.1. The summed E-state index contributed by atoms with van der Waals surface area (Å²) in [6.45, 7) is 9.88. The van der Waals surface area contributed by atoms with E-state index in [-0.39, 0.29) is 12.4 Å². The monoisotopic (exact) mass is 472 g/mol. The molecule has 0 fully saturated rings. The fraction of sp³-hybridized carbons (Fsp3) is 0.304. The van der Waals surface area contributed by atoms with Crippen molar-refractivity contribution in [2.75, 3.05) is 6.54 Å². The van der Waals surface area contributed by atoms with Gasteiger partial charge in [0, 0.05) is 23.9 Å². The van der Waals surface area contributed by atoms with Gasteiger partial charge in [0.1, 0.15) is 5.82 Å². The number of nitrogens with zero attached hydrogens (tertiary/aromatic N) is 3. The fourth-order valence-electron chi connectivity index (χ4n) is 3.90. The van der Waals surface area contributed by atoms with Crippen molar-refractivity contribution in [2.45, 2.75) is 45.9 Å². The first-order chi connectivity index (χ1) is 15.1. The second-order valence-electron chi connectivity index (χ2n) is 7.97. The summed E-state index contributed by atoms with van der Waals surface area (Å²) in [6.07, 6.45) is 0.451. The third-order valence-corrected chi connectivity index (χ3v) is 8.70. The Bertz CT molecular complexity index is 1410. The van der Waals surface area contributed by atoms with Crippen molar-refractivity contribution < 1.29 is 12.8 Å². The number of fused-ring (bicyclic) bond motifs is 1. The van der Waals surface area contributed by atoms with E-state index < -0.39 is 10.0 Å². The molecule has 0 aliphatic carbocycles. The molecule has 32 heavy (non-hydrogen) atoms. The van der Waals surface area contributed by atoms with Gasteiger partial charge >= 0.3 is 0 Å². The van der Waals surface area contributed by atoms with Gasteiger partial charge in [-0.2, -0.15) is 4.98 Å². The highest BCUT2D eigenvalue weighted by atomic mass is 32.2. The number of benzene rings is 2. The van der Waals surface area contributed by atoms with Gasteiger partial charge in [0.25, 0.3) is 0 Å². The molecule has 4 aromatic rings. The fourth-order valence-corrected chi connectivity index (χ4v) is 6.38. The smallest absolute Gasteiger partial charge is 0.211 e. The van der Waals surface area contributed by atoms with E-state index in [0.717, 1.165) is 33.5 Å². The molecule has 0 aliphatic rings. The van der Waals surface area contributed by atoms with Crippen LogP contribution in [-0.2, 0) is 16.4 Å². The van der Waals surface area contributed by atoms with Crippen LogP contribution in [0.1, 0.15) is 33.5 Å². The number of hydrogen-bond donors (Lipinski definition) is 1. The largest absolute Gasteiger partial charge is 0.241 e. The number of sulfonamides is 1. The molecule has 168 valence electrons. The van der Waals surface area contributed by atoms with Crippen LogP contribution in [0.3, 0.4) is 0 Å². The molecule has 0 aliphatic heterocycles. The van der Waals surface area contributed by atoms with Crippen molar-refractivity contribution in [1.29, 1.82) is 0 Å². The Morgan fingerprint density at radius 2 is 1.69 bits per heavy atom. The van der Waals surface area contributed by atoms with E-state index in [0.29, 0.717) is 27.7 Å². The van der Waals surface area contributed by atoms with Crippen LogP contribution in [0.2, 0.25) is 0 Å². The van der Waals surface area contributed by atoms with Crippen LogP contribution in [0, 0.1) is 40.4 Å². The van der Waals surface area contributed by atoms with Crippen molar-refractivity contribution in [3.05, 3.63) is 69.0 Å². The van der Waals surface area contributed by atoms with Crippen LogP contribution >= 0.6 is 11.3 Å². The molecule has 0 radical (unpaired) electrons. The van der Waals surface area contributed by atoms with Gasteiger partial charge in [-0.05, 0) is 74.6 Å². The van der Waals surface area contributed by atoms with E-state index in [9.17, 15) is 12.8 Å². The molecular weight excluding hydrogens is 447 g/mol. The quantitative estimate of drug-likeness (QED) is 0.443. The van der Waals surface area contributed by atoms with E-state index in [1.165, 1.54) is 23.5 Å². The molecule has 2 aromatic heterocycles. The molecule has 0 atom stereocenters. The average Bonchev–Trinajstić information content (AvgIpc) is 3.32. The van der Waals surface area contributed by atoms with Crippen molar-refractivity contribution in [3.63, 3.8) is 0 Å². The topological polar surface area (TPSA) is 76.4 Å². The third-order valence-electron chi connectivity index (χ3n) is 6.11. The number of thiazole rings is 1. The van der Waals surface area contributed by atoms with Gasteiger partial charge in [-0.25, -0.2) is 22.0 Å². The molecule has 0 spiro atoms. The number of hydrogen-bond acceptors (Lipinski definition) is 5. The van der Waals surface area contributed by atoms with Gasteiger partial charge < -0.3 is 0 Å². The SMILES string of the molecule is Cc1c(C)c(C)c(S(=O)(=O)NCCc2csc3nc(-c4cccc(F)c4)nn23)c(C)c1C. The molecular formula is C23H25FN4O2S2. The minimum absolute atomic E-state index is 0.230. The minimum atomic E-state index is -3.67. The Morgan fingerprint density at radius 3 is 2.34 bits per heavy atom. The number of aromatic nitrogens is 3. The summed E-state index contributed by atoms with van der Waals surface area (Å²) in [7, 11) is -3.67. The zero-order chi connectivity index (χ0) is 23.2. The molecule has 9 heteroatoms. The molecule has 0 bridgehead atoms. The third kappa shape index (κ3) is 3.96. The van der Waals surface area contributed by atoms with Crippen molar-refractivity contribution in [1.82, 2.24) is 19.3 Å². The maximum Gasteiger partial charge on any atom is 0.241 e. The zero-order valence-corrected chi connectivity index (χ0v) is 20.3. The molecule has 0 saturated carbocycles. The lowest BCUT2D eigenvalue weighted by atomic mass is 9.95. The summed E-state index contributed by atoms with van der Waals surface area (Å²) in [4.78, 5) is 5.51. The Morgan fingerprint density at radius 1 is 1.03 bits per heavy atom. The lowest BCUT2D eigenvalue weighted by molar-refractivity contribution is 0.579. The van der Waals surface area contributed by atoms with Crippen LogP contribution in [0.4, 0.5) is 4.39 Å². The van der Waals surface area contributed by atoms with Crippen LogP contribution < -0.4 is 4.72 Å². The molecule has 2 heterocycles. The predicted molar refractivity (Wildman–Crippen MR) is 125 cm³/mol. The molecule has 2 aromatic carbocycles. The van der Waals surface area contributed by atoms with Gasteiger partial charge in [-0.1, -0.05) is 12.1 Å². The number of rotatable bonds is 6. The Labute approximate surface area is 191 Å². The second kappa shape index (κ2) is 8.38. The maximum absolute atomic E-state index is 13.5. The Balaban J connectivity index is 1.55. The lowest BCUT2D eigenvalue weighted by Crippen LogP contribution is -2.28. The summed E-state index contributed by atoms with van der Waals surface area (Å²) in [5, 5.41) is 6.40. The van der Waals surface area contributed by atoms with E-state index in [1.807, 2.05) is 40.0 Å². The van der Waals surface area contributed by atoms with Crippen molar-refractivity contribution in [2.24, 2.45) is 0 Å². The van der Waals surface area contributed by atoms with Crippen LogP contribution in [0.15, 0.2) is 34.5 Å². The lowest BCUT2D eigenvalue weighted by Gasteiger charge is -2.19. The van der Waals surface area contributed by atoms with Crippen LogP contribution in [0.5, 0.6) is 0 Å². The number of halogens is 1. The highest BCUT2D eigenvalue weighted by molar-refractivity contribution is 7.89. The molecule has 6 nitrogen and oxygen atoms in total. The van der Waals surface area contributed by atoms with E-state index in [1.54, 1.807) is 16.6 Å². The molecule has 1 N–H and O–H groups in total. The van der Waals surface area contributed by atoms with Gasteiger partial charge in [0.2, 0.25) is 15.0 Å². The van der Waals surface area contributed by atoms with Crippen LogP contribution in [-0.4, -0.2) is 29.6 Å². The first-order valence-electron chi connectivity index (χ1n) is 10.3. The zero-order valence-electron chi connectivity index (χ0n) is 18.7. The summed E-state index contributed by atoms with van der Waals surface area (Å²) in [6, 6.07) is 6.14. The summed E-state index contributed by atoms with van der Waals surface area (Å²) in [5.41, 5.74) is 6.14. The molecule has 0 unspecified atom stereocenters. The average molecular weight is 473 g/mol. The van der Waals surface area contributed by atoms with Crippen LogP contribution in [0.25, 0.3) is 16.3 Å². The van der Waals surface area contributed by atoms with E-state index >= 15 is 0 Å². The van der Waals surface area contributed by atoms with E-state index in [4.69, 9.17) is 0 Å². The van der Waals surface area contributed by atoms with Gasteiger partial charge in [0.05, 0.1) is 10.6 Å². The number of nitrogens with one attached hydrogen (secondary N) is 1. The standard InChI is InChI=1S/C23H25FN4O2S2/c1-13-14(2)16(4)21(17(5)15(13)3)32(29,30)25-10-9-20-12-31-23-26-22(27-28(20)23)18-7-6-8-19(24)11-18/h6-8,11-12,25H,9-10H2,1-5H3. The highest BCUT2D eigenvalue weighted by Gasteiger charge is 2.23. The van der Waals surface area contributed by atoms with E-state index in [2.05, 4.69) is 14.8 Å². The predicted octanol–water partition coefficient (Wildman–Crippen LogP) is 4.66. The second-order valence-corrected chi connectivity index (χ2v) is 10.5. The first kappa shape index (κ1) is 22.6. The Hall–Kier alpha value is -2.62. The van der Waals surface area contributed by atoms with Gasteiger partial charge in [0.15, 0.2) is 5.82 Å². The minimum Gasteiger partial charge on any atom is -0.211 e. The molecule has 4 rings (SSSR count). The summed E-state index contributed by atoms with van der Waals surface area (Å²) < 4.78 is 44.2. The maximum atomic E-state index is 13.5. The van der Waals surface area contributed by atoms with Crippen molar-refractivity contribution in [3.8, 4) is 11.4 Å². The van der Waals surface area contributed by atoms with Gasteiger partial charge in [-0.15, -0.1) is 16.4 Å². The van der Waals surface area contributed by atoms with Gasteiger partial charge in [-0.3, -0.25) is 0 Å². The molecule has 0 amide bonds. The first-order valence-corrected chi connectivity index (χ1v) is 12.6. The summed E-state index contributed by atoms with van der Waals surface area (Å²) >= 11 is 1.42. The highest BCUT2D eigenvalue weighted by Crippen LogP contribution is 2.29. The summed E-state index contributed by atoms with van der Waals surface area (Å²) in [5.74, 6) is 0.0949. The van der Waals surface area contributed by atoms with Crippen molar-refractivity contribution >= 4 is 26.3 Å². The molecule has 0 saturated heterocycles. The Kier molecular flexibility index (Phi) is 5.91.